The van der Waals surface area contributed by atoms with E-state index in [9.17, 15) is 14.7 Å². The molecule has 1 unspecified atom stereocenters. The third-order valence-electron chi connectivity index (χ3n) is 2.68. The Hall–Kier alpha value is -1.88. The summed E-state index contributed by atoms with van der Waals surface area (Å²) in [4.78, 5) is 22.8. The van der Waals surface area contributed by atoms with Gasteiger partial charge < -0.3 is 16.2 Å². The predicted molar refractivity (Wildman–Crippen MR) is 68.1 cm³/mol. The summed E-state index contributed by atoms with van der Waals surface area (Å²) in [5.41, 5.74) is 5.95. The average molecular weight is 250 g/mol. The number of carbonyl (C=O) groups is 2. The first-order chi connectivity index (χ1) is 8.57. The Balaban J connectivity index is 3.01. The Kier molecular flexibility index (Phi) is 5.32. The van der Waals surface area contributed by atoms with E-state index < -0.39 is 23.8 Å². The second kappa shape index (κ2) is 6.76. The number of nitrogens with one attached hydrogen (secondary N) is 1. The maximum atomic E-state index is 11.5. The van der Waals surface area contributed by atoms with Crippen LogP contribution in [0.2, 0.25) is 0 Å². The summed E-state index contributed by atoms with van der Waals surface area (Å²) in [5.74, 6) is -2.58. The summed E-state index contributed by atoms with van der Waals surface area (Å²) in [6, 6.07) is 7.73. The van der Waals surface area contributed by atoms with Crippen LogP contribution in [0, 0.1) is 0 Å². The Morgan fingerprint density at radius 1 is 1.33 bits per heavy atom. The second-order valence-corrected chi connectivity index (χ2v) is 4.06. The van der Waals surface area contributed by atoms with Crippen molar-refractivity contribution in [2.75, 3.05) is 6.54 Å². The van der Waals surface area contributed by atoms with Crippen LogP contribution in [0.5, 0.6) is 0 Å². The van der Waals surface area contributed by atoms with Crippen molar-refractivity contribution in [3.05, 3.63) is 35.9 Å². The molecule has 4 N–H and O–H groups in total. The standard InChI is InChI=1S/C13H18N2O3/c1-2-8-15-11(13(17)18)10(12(14)16)9-6-4-3-5-7-9/h3-7,10-11,15H,2,8H2,1H3,(H2,14,16)(H,17,18)/t10?,11-/m0/s1. The van der Waals surface area contributed by atoms with Crippen LogP contribution in [0.3, 0.4) is 0 Å². The molecule has 1 aromatic carbocycles. The largest absolute Gasteiger partial charge is 0.480 e. The molecular weight excluding hydrogens is 232 g/mol. The molecule has 0 saturated carbocycles. The van der Waals surface area contributed by atoms with Gasteiger partial charge >= 0.3 is 5.97 Å². The maximum absolute atomic E-state index is 11.5. The highest BCUT2D eigenvalue weighted by Crippen LogP contribution is 2.19. The monoisotopic (exact) mass is 250 g/mol. The van der Waals surface area contributed by atoms with E-state index in [4.69, 9.17) is 5.73 Å². The van der Waals surface area contributed by atoms with Gasteiger partial charge in [-0.05, 0) is 18.5 Å². The molecule has 0 radical (unpaired) electrons. The maximum Gasteiger partial charge on any atom is 0.321 e. The van der Waals surface area contributed by atoms with E-state index in [1.54, 1.807) is 30.3 Å². The molecule has 0 saturated heterocycles. The topological polar surface area (TPSA) is 92.4 Å². The SMILES string of the molecule is CCCN[C@H](C(=O)O)C(C(N)=O)c1ccccc1. The van der Waals surface area contributed by atoms with E-state index in [-0.39, 0.29) is 0 Å². The lowest BCUT2D eigenvalue weighted by molar-refractivity contribution is -0.142. The number of carboxylic acid groups (broad SMARTS) is 1. The number of rotatable bonds is 7. The fourth-order valence-electron chi connectivity index (χ4n) is 1.83. The molecular formula is C13H18N2O3. The van der Waals surface area contributed by atoms with Crippen LogP contribution >= 0.6 is 0 Å². The van der Waals surface area contributed by atoms with Gasteiger partial charge in [0.1, 0.15) is 6.04 Å². The van der Waals surface area contributed by atoms with Gasteiger partial charge in [-0.3, -0.25) is 9.59 Å². The van der Waals surface area contributed by atoms with Crippen LogP contribution in [-0.2, 0) is 9.59 Å². The van der Waals surface area contributed by atoms with Gasteiger partial charge in [-0.2, -0.15) is 0 Å². The molecule has 0 heterocycles. The number of carbonyl (C=O) groups excluding carboxylic acids is 1. The van der Waals surface area contributed by atoms with Crippen molar-refractivity contribution in [2.24, 2.45) is 5.73 Å². The van der Waals surface area contributed by atoms with Crippen molar-refractivity contribution < 1.29 is 14.7 Å². The molecule has 0 spiro atoms. The van der Waals surface area contributed by atoms with E-state index >= 15 is 0 Å². The molecule has 5 nitrogen and oxygen atoms in total. The van der Waals surface area contributed by atoms with Crippen molar-refractivity contribution in [2.45, 2.75) is 25.3 Å². The first kappa shape index (κ1) is 14.2. The minimum absolute atomic E-state index is 0.521. The van der Waals surface area contributed by atoms with Crippen LogP contribution in [0.15, 0.2) is 30.3 Å². The quantitative estimate of drug-likeness (QED) is 0.664. The fourth-order valence-corrected chi connectivity index (χ4v) is 1.83. The second-order valence-electron chi connectivity index (χ2n) is 4.06. The summed E-state index contributed by atoms with van der Waals surface area (Å²) >= 11 is 0. The third-order valence-corrected chi connectivity index (χ3v) is 2.68. The lowest BCUT2D eigenvalue weighted by atomic mass is 9.90. The third kappa shape index (κ3) is 3.56. The summed E-state index contributed by atoms with van der Waals surface area (Å²) in [7, 11) is 0. The van der Waals surface area contributed by atoms with Gasteiger partial charge in [0.25, 0.3) is 0 Å². The van der Waals surface area contributed by atoms with Gasteiger partial charge in [0.15, 0.2) is 0 Å². The number of hydrogen-bond acceptors (Lipinski definition) is 3. The van der Waals surface area contributed by atoms with Gasteiger partial charge in [-0.15, -0.1) is 0 Å². The Labute approximate surface area is 106 Å². The molecule has 0 aliphatic carbocycles. The van der Waals surface area contributed by atoms with Crippen LogP contribution in [0.1, 0.15) is 24.8 Å². The first-order valence-electron chi connectivity index (χ1n) is 5.88. The van der Waals surface area contributed by atoms with E-state index in [2.05, 4.69) is 5.32 Å². The number of amides is 1. The van der Waals surface area contributed by atoms with E-state index in [1.165, 1.54) is 0 Å². The van der Waals surface area contributed by atoms with Crippen LogP contribution in [-0.4, -0.2) is 29.6 Å². The lowest BCUT2D eigenvalue weighted by Crippen LogP contribution is -2.46. The van der Waals surface area contributed by atoms with E-state index in [1.807, 2.05) is 6.92 Å². The smallest absolute Gasteiger partial charge is 0.321 e. The molecule has 98 valence electrons. The molecule has 5 heteroatoms. The first-order valence-corrected chi connectivity index (χ1v) is 5.88. The summed E-state index contributed by atoms with van der Waals surface area (Å²) in [5, 5.41) is 12.1. The number of primary amides is 1. The molecule has 1 amide bonds. The lowest BCUT2D eigenvalue weighted by Gasteiger charge is -2.22. The molecule has 0 fully saturated rings. The van der Waals surface area contributed by atoms with Gasteiger partial charge in [0.05, 0.1) is 5.92 Å². The van der Waals surface area contributed by atoms with Crippen LogP contribution in [0.25, 0.3) is 0 Å². The molecule has 1 rings (SSSR count). The van der Waals surface area contributed by atoms with Gasteiger partial charge in [0.2, 0.25) is 5.91 Å². The van der Waals surface area contributed by atoms with Gasteiger partial charge in [-0.1, -0.05) is 37.3 Å². The number of nitrogens with two attached hydrogens (primary N) is 1. The zero-order chi connectivity index (χ0) is 13.5. The Bertz CT molecular complexity index is 406. The molecule has 1 aromatic rings. The molecule has 2 atom stereocenters. The normalized spacial score (nSPS) is 13.8. The molecule has 0 aliphatic rings. The summed E-state index contributed by atoms with van der Waals surface area (Å²) in [6.45, 7) is 2.45. The summed E-state index contributed by atoms with van der Waals surface area (Å²) < 4.78 is 0. The minimum atomic E-state index is -1.07. The number of aliphatic carboxylic acids is 1. The molecule has 0 bridgehead atoms. The Morgan fingerprint density at radius 2 is 1.94 bits per heavy atom. The molecule has 18 heavy (non-hydrogen) atoms. The number of benzene rings is 1. The number of hydrogen-bond donors (Lipinski definition) is 3. The van der Waals surface area contributed by atoms with E-state index in [0.717, 1.165) is 6.42 Å². The summed E-state index contributed by atoms with van der Waals surface area (Å²) in [6.07, 6.45) is 0.782. The van der Waals surface area contributed by atoms with Crippen LogP contribution < -0.4 is 11.1 Å². The van der Waals surface area contributed by atoms with E-state index in [0.29, 0.717) is 12.1 Å². The average Bonchev–Trinajstić information content (AvgIpc) is 2.34. The molecule has 0 aromatic heterocycles. The zero-order valence-electron chi connectivity index (χ0n) is 10.3. The highest BCUT2D eigenvalue weighted by Gasteiger charge is 2.33. The predicted octanol–water partition coefficient (Wildman–Crippen LogP) is 0.708. The van der Waals surface area contributed by atoms with Crippen molar-refractivity contribution in [3.8, 4) is 0 Å². The van der Waals surface area contributed by atoms with Crippen LogP contribution in [0.4, 0.5) is 0 Å². The van der Waals surface area contributed by atoms with Gasteiger partial charge in [0, 0.05) is 0 Å². The fraction of sp³-hybridized carbons (Fsp3) is 0.385. The van der Waals surface area contributed by atoms with Crippen molar-refractivity contribution in [1.82, 2.24) is 5.32 Å². The van der Waals surface area contributed by atoms with Gasteiger partial charge in [-0.25, -0.2) is 0 Å². The zero-order valence-corrected chi connectivity index (χ0v) is 10.3. The number of carboxylic acids is 1. The highest BCUT2D eigenvalue weighted by molar-refractivity contribution is 5.90. The molecule has 0 aliphatic heterocycles. The highest BCUT2D eigenvalue weighted by atomic mass is 16.4. The Morgan fingerprint density at radius 3 is 2.39 bits per heavy atom. The van der Waals surface area contributed by atoms with Crippen molar-refractivity contribution in [3.63, 3.8) is 0 Å². The van der Waals surface area contributed by atoms with Crippen molar-refractivity contribution >= 4 is 11.9 Å². The van der Waals surface area contributed by atoms with Crippen molar-refractivity contribution in [1.29, 1.82) is 0 Å². The minimum Gasteiger partial charge on any atom is -0.480 e.